The zero-order valence-corrected chi connectivity index (χ0v) is 18.1. The van der Waals surface area contributed by atoms with Crippen LogP contribution in [0.15, 0.2) is 30.3 Å². The smallest absolute Gasteiger partial charge is 0.206 e. The number of methoxy groups -OCH3 is 4. The van der Waals surface area contributed by atoms with Crippen LogP contribution in [0.25, 0.3) is 0 Å². The molecule has 2 aromatic rings. The Hall–Kier alpha value is -2.72. The van der Waals surface area contributed by atoms with Gasteiger partial charge < -0.3 is 43.0 Å². The molecule has 31 heavy (non-hydrogen) atoms. The van der Waals surface area contributed by atoms with Crippen LogP contribution >= 0.6 is 0 Å². The van der Waals surface area contributed by atoms with Gasteiger partial charge in [0.1, 0.15) is 6.79 Å². The maximum absolute atomic E-state index is 9.93. The Balaban J connectivity index is 1.92. The summed E-state index contributed by atoms with van der Waals surface area (Å²) in [6.45, 7) is 0.359. The highest BCUT2D eigenvalue weighted by molar-refractivity contribution is 5.55. The van der Waals surface area contributed by atoms with Crippen LogP contribution in [-0.2, 0) is 20.8 Å². The standard InChI is InChI=1S/C22H28O9/c1-24-12-28-11-14-5-6-16-17(7-14)31-21(20(10-23)30-16)15-8-18(26-3)22(29-13-25-2)19(9-15)27-4/h5-9,20-21,23H,10-13H2,1-4H3/t20-,21-/m1/s1. The average molecular weight is 436 g/mol. The molecule has 1 N–H and O–H groups in total. The van der Waals surface area contributed by atoms with Gasteiger partial charge in [0.2, 0.25) is 5.75 Å². The molecule has 1 aliphatic heterocycles. The van der Waals surface area contributed by atoms with Crippen LogP contribution < -0.4 is 23.7 Å². The van der Waals surface area contributed by atoms with Gasteiger partial charge in [-0.3, -0.25) is 0 Å². The predicted molar refractivity (Wildman–Crippen MR) is 110 cm³/mol. The van der Waals surface area contributed by atoms with Gasteiger partial charge >= 0.3 is 0 Å². The Bertz CT molecular complexity index is 830. The number of benzene rings is 2. The van der Waals surface area contributed by atoms with Gasteiger partial charge in [0.05, 0.1) is 27.4 Å². The first-order chi connectivity index (χ1) is 15.1. The van der Waals surface area contributed by atoms with Gasteiger partial charge in [0, 0.05) is 19.8 Å². The van der Waals surface area contributed by atoms with Crippen molar-refractivity contribution in [1.82, 2.24) is 0 Å². The van der Waals surface area contributed by atoms with Gasteiger partial charge in [0.25, 0.3) is 0 Å². The molecule has 3 rings (SSSR count). The topological polar surface area (TPSA) is 94.1 Å². The van der Waals surface area contributed by atoms with E-state index >= 15 is 0 Å². The monoisotopic (exact) mass is 436 g/mol. The quantitative estimate of drug-likeness (QED) is 0.421. The third-order valence-corrected chi connectivity index (χ3v) is 4.66. The second-order valence-corrected chi connectivity index (χ2v) is 6.72. The Morgan fingerprint density at radius 3 is 2.19 bits per heavy atom. The van der Waals surface area contributed by atoms with E-state index in [1.54, 1.807) is 25.3 Å². The zero-order valence-electron chi connectivity index (χ0n) is 18.1. The molecule has 0 aromatic heterocycles. The molecular weight excluding hydrogens is 408 g/mol. The lowest BCUT2D eigenvalue weighted by Gasteiger charge is -2.34. The molecule has 0 aliphatic carbocycles. The van der Waals surface area contributed by atoms with Crippen LogP contribution in [0.2, 0.25) is 0 Å². The minimum Gasteiger partial charge on any atom is -0.493 e. The van der Waals surface area contributed by atoms with Crippen molar-refractivity contribution in [2.24, 2.45) is 0 Å². The minimum absolute atomic E-state index is 0.0374. The molecule has 9 heteroatoms. The average Bonchev–Trinajstić information content (AvgIpc) is 2.81. The second kappa shape index (κ2) is 11.1. The van der Waals surface area contributed by atoms with Crippen molar-refractivity contribution in [3.05, 3.63) is 41.5 Å². The lowest BCUT2D eigenvalue weighted by Crippen LogP contribution is -2.36. The first-order valence-corrected chi connectivity index (χ1v) is 9.66. The summed E-state index contributed by atoms with van der Waals surface area (Å²) in [4.78, 5) is 0. The number of hydrogen-bond acceptors (Lipinski definition) is 9. The van der Waals surface area contributed by atoms with Gasteiger partial charge in [-0.15, -0.1) is 0 Å². The number of aliphatic hydroxyl groups is 1. The van der Waals surface area contributed by atoms with E-state index in [4.69, 9.17) is 37.9 Å². The molecule has 0 saturated carbocycles. The van der Waals surface area contributed by atoms with E-state index in [0.29, 0.717) is 40.9 Å². The largest absolute Gasteiger partial charge is 0.493 e. The zero-order chi connectivity index (χ0) is 22.2. The van der Waals surface area contributed by atoms with Gasteiger partial charge in [-0.1, -0.05) is 6.07 Å². The molecule has 2 aromatic carbocycles. The molecule has 1 aliphatic rings. The SMILES string of the molecule is COCOCc1ccc2c(c1)O[C@H](c1cc(OC)c(OCOC)c(OC)c1)[C@@H](CO)O2. The van der Waals surface area contributed by atoms with Crippen molar-refractivity contribution in [3.63, 3.8) is 0 Å². The summed E-state index contributed by atoms with van der Waals surface area (Å²) in [5.41, 5.74) is 1.60. The summed E-state index contributed by atoms with van der Waals surface area (Å²) in [6, 6.07) is 9.04. The van der Waals surface area contributed by atoms with E-state index in [2.05, 4.69) is 0 Å². The van der Waals surface area contributed by atoms with Crippen LogP contribution in [0, 0.1) is 0 Å². The van der Waals surface area contributed by atoms with Crippen molar-refractivity contribution in [2.75, 3.05) is 48.6 Å². The molecular formula is C22H28O9. The number of rotatable bonds is 11. The highest BCUT2D eigenvalue weighted by atomic mass is 16.7. The summed E-state index contributed by atoms with van der Waals surface area (Å²) in [5, 5.41) is 9.93. The lowest BCUT2D eigenvalue weighted by molar-refractivity contribution is -0.0395. The van der Waals surface area contributed by atoms with Crippen molar-refractivity contribution in [3.8, 4) is 28.7 Å². The first-order valence-electron chi connectivity index (χ1n) is 9.66. The highest BCUT2D eigenvalue weighted by Crippen LogP contribution is 2.45. The molecule has 170 valence electrons. The molecule has 0 bridgehead atoms. The van der Waals surface area contributed by atoms with E-state index in [-0.39, 0.29) is 20.2 Å². The second-order valence-electron chi connectivity index (χ2n) is 6.72. The predicted octanol–water partition coefficient (Wildman–Crippen LogP) is 2.68. The highest BCUT2D eigenvalue weighted by Gasteiger charge is 2.34. The van der Waals surface area contributed by atoms with Crippen molar-refractivity contribution in [2.45, 2.75) is 18.8 Å². The molecule has 1 heterocycles. The van der Waals surface area contributed by atoms with E-state index in [9.17, 15) is 5.11 Å². The van der Waals surface area contributed by atoms with Crippen molar-refractivity contribution < 1.29 is 43.0 Å². The molecule has 0 unspecified atom stereocenters. The van der Waals surface area contributed by atoms with Gasteiger partial charge in [-0.05, 0) is 29.8 Å². The van der Waals surface area contributed by atoms with Gasteiger partial charge in [0.15, 0.2) is 42.0 Å². The number of ether oxygens (including phenoxy) is 8. The van der Waals surface area contributed by atoms with Crippen LogP contribution in [-0.4, -0.2) is 59.8 Å². The molecule has 0 amide bonds. The third kappa shape index (κ3) is 5.31. The molecule has 0 saturated heterocycles. The Morgan fingerprint density at radius 2 is 1.58 bits per heavy atom. The van der Waals surface area contributed by atoms with Gasteiger partial charge in [-0.2, -0.15) is 0 Å². The number of aliphatic hydroxyl groups excluding tert-OH is 1. The van der Waals surface area contributed by atoms with E-state index in [0.717, 1.165) is 5.56 Å². The van der Waals surface area contributed by atoms with Gasteiger partial charge in [-0.25, -0.2) is 0 Å². The van der Waals surface area contributed by atoms with Crippen LogP contribution in [0.3, 0.4) is 0 Å². The third-order valence-electron chi connectivity index (χ3n) is 4.66. The fourth-order valence-electron chi connectivity index (χ4n) is 3.25. The number of fused-ring (bicyclic) bond motifs is 1. The fourth-order valence-corrected chi connectivity index (χ4v) is 3.25. The molecule has 2 atom stereocenters. The maximum atomic E-state index is 9.93. The van der Waals surface area contributed by atoms with E-state index in [1.807, 2.05) is 12.1 Å². The van der Waals surface area contributed by atoms with Crippen LogP contribution in [0.1, 0.15) is 17.2 Å². The molecule has 9 nitrogen and oxygen atoms in total. The van der Waals surface area contributed by atoms with E-state index in [1.165, 1.54) is 21.3 Å². The summed E-state index contributed by atoms with van der Waals surface area (Å²) in [5.74, 6) is 2.39. The Kier molecular flexibility index (Phi) is 8.19. The number of hydrogen-bond donors (Lipinski definition) is 1. The van der Waals surface area contributed by atoms with Crippen LogP contribution in [0.4, 0.5) is 0 Å². The van der Waals surface area contributed by atoms with Crippen molar-refractivity contribution >= 4 is 0 Å². The lowest BCUT2D eigenvalue weighted by atomic mass is 10.0. The van der Waals surface area contributed by atoms with Crippen LogP contribution in [0.5, 0.6) is 28.7 Å². The minimum atomic E-state index is -0.622. The Labute approximate surface area is 181 Å². The Morgan fingerprint density at radius 1 is 0.871 bits per heavy atom. The summed E-state index contributed by atoms with van der Waals surface area (Å²) in [6.07, 6.45) is -1.23. The summed E-state index contributed by atoms with van der Waals surface area (Å²) < 4.78 is 44.1. The molecule has 0 radical (unpaired) electrons. The normalized spacial score (nSPS) is 17.3. The van der Waals surface area contributed by atoms with Crippen molar-refractivity contribution in [1.29, 1.82) is 0 Å². The molecule has 0 spiro atoms. The summed E-state index contributed by atoms with van der Waals surface area (Å²) in [7, 11) is 6.15. The summed E-state index contributed by atoms with van der Waals surface area (Å²) >= 11 is 0. The fraction of sp³-hybridized carbons (Fsp3) is 0.455. The maximum Gasteiger partial charge on any atom is 0.206 e. The molecule has 0 fully saturated rings. The first kappa shape index (κ1) is 23.0. The van der Waals surface area contributed by atoms with E-state index < -0.39 is 12.2 Å².